The summed E-state index contributed by atoms with van der Waals surface area (Å²) in [5, 5.41) is 7.52. The Morgan fingerprint density at radius 3 is 1.13 bits per heavy atom. The van der Waals surface area contributed by atoms with Gasteiger partial charge in [0.1, 0.15) is 0 Å². The van der Waals surface area contributed by atoms with E-state index in [0.717, 1.165) is 0 Å². The number of hydrogen-bond acceptors (Lipinski definition) is 0. The molecule has 0 nitrogen and oxygen atoms in total. The van der Waals surface area contributed by atoms with E-state index >= 15 is 0 Å². The van der Waals surface area contributed by atoms with Gasteiger partial charge in [0, 0.05) is 0 Å². The molecule has 252 valence electrons. The van der Waals surface area contributed by atoms with Gasteiger partial charge in [-0.3, -0.25) is 0 Å². The summed E-state index contributed by atoms with van der Waals surface area (Å²) in [5.74, 6) is 0. The molecule has 0 aliphatic rings. The first-order chi connectivity index (χ1) is 26.8. The standard InChI is InChI=1S/C54H36/c1-3-14-37(15-4-1)38-26-28-39(29-27-38)40-30-32-41(33-31-40)44-34-35-47(46-25-13-19-42-16-7-8-20-45(42)46)52(36-44)54-50-23-11-9-21-48(50)53(43-17-5-2-6-18-43)49-22-10-12-24-51(49)54/h1-36H. The summed E-state index contributed by atoms with van der Waals surface area (Å²) in [7, 11) is 0. The second kappa shape index (κ2) is 13.5. The van der Waals surface area contributed by atoms with Crippen molar-refractivity contribution in [3.63, 3.8) is 0 Å². The maximum Gasteiger partial charge on any atom is -0.00199 e. The van der Waals surface area contributed by atoms with Gasteiger partial charge in [0.15, 0.2) is 0 Å². The Morgan fingerprint density at radius 2 is 0.574 bits per heavy atom. The molecule has 0 fully saturated rings. The third-order valence-electron chi connectivity index (χ3n) is 10.9. The Hall–Kier alpha value is -7.02. The summed E-state index contributed by atoms with van der Waals surface area (Å²) in [6, 6.07) is 79.7. The van der Waals surface area contributed by atoms with Gasteiger partial charge < -0.3 is 0 Å². The highest BCUT2D eigenvalue weighted by atomic mass is 14.2. The Kier molecular flexibility index (Phi) is 7.93. The molecule has 10 rings (SSSR count). The largest absolute Gasteiger partial charge is 0.0622 e. The molecule has 0 unspecified atom stereocenters. The van der Waals surface area contributed by atoms with Crippen molar-refractivity contribution >= 4 is 32.3 Å². The minimum Gasteiger partial charge on any atom is -0.0622 e. The lowest BCUT2D eigenvalue weighted by Gasteiger charge is -2.21. The van der Waals surface area contributed by atoms with E-state index in [2.05, 4.69) is 218 Å². The van der Waals surface area contributed by atoms with E-state index in [1.807, 2.05) is 0 Å². The molecule has 0 aliphatic carbocycles. The summed E-state index contributed by atoms with van der Waals surface area (Å²) in [5.41, 5.74) is 14.7. The van der Waals surface area contributed by atoms with Gasteiger partial charge in [0.25, 0.3) is 0 Å². The number of hydrogen-bond donors (Lipinski definition) is 0. The van der Waals surface area contributed by atoms with Crippen molar-refractivity contribution in [2.75, 3.05) is 0 Å². The summed E-state index contributed by atoms with van der Waals surface area (Å²) in [4.78, 5) is 0. The molecule has 0 atom stereocenters. The molecule has 10 aromatic carbocycles. The van der Waals surface area contributed by atoms with Gasteiger partial charge in [-0.1, -0.05) is 212 Å². The van der Waals surface area contributed by atoms with Crippen LogP contribution in [-0.2, 0) is 0 Å². The SMILES string of the molecule is c1ccc(-c2ccc(-c3ccc(-c4ccc(-c5cccc6ccccc56)c(-c5c6ccccc6c(-c6ccccc6)c6ccccc56)c4)cc3)cc2)cc1. The van der Waals surface area contributed by atoms with Crippen LogP contribution in [0.4, 0.5) is 0 Å². The van der Waals surface area contributed by atoms with Gasteiger partial charge in [0.05, 0.1) is 0 Å². The first kappa shape index (κ1) is 31.7. The molecule has 0 amide bonds. The summed E-state index contributed by atoms with van der Waals surface area (Å²) < 4.78 is 0. The Labute approximate surface area is 316 Å². The van der Waals surface area contributed by atoms with Crippen molar-refractivity contribution in [2.45, 2.75) is 0 Å². The van der Waals surface area contributed by atoms with E-state index in [4.69, 9.17) is 0 Å². The van der Waals surface area contributed by atoms with Gasteiger partial charge >= 0.3 is 0 Å². The van der Waals surface area contributed by atoms with Crippen LogP contribution in [0.5, 0.6) is 0 Å². The van der Waals surface area contributed by atoms with Gasteiger partial charge in [-0.25, -0.2) is 0 Å². The van der Waals surface area contributed by atoms with Crippen LogP contribution in [0.25, 0.3) is 99.1 Å². The molecule has 0 saturated heterocycles. The second-order valence-electron chi connectivity index (χ2n) is 14.0. The lowest BCUT2D eigenvalue weighted by Crippen LogP contribution is -1.94. The van der Waals surface area contributed by atoms with Crippen molar-refractivity contribution in [2.24, 2.45) is 0 Å². The molecule has 0 N–H and O–H groups in total. The van der Waals surface area contributed by atoms with Crippen molar-refractivity contribution in [1.82, 2.24) is 0 Å². The fraction of sp³-hybridized carbons (Fsp3) is 0. The molecule has 0 heterocycles. The zero-order valence-corrected chi connectivity index (χ0v) is 29.8. The average Bonchev–Trinajstić information content (AvgIpc) is 3.26. The maximum atomic E-state index is 2.43. The fourth-order valence-corrected chi connectivity index (χ4v) is 8.30. The van der Waals surface area contributed by atoms with Crippen LogP contribution in [0, 0.1) is 0 Å². The zero-order chi connectivity index (χ0) is 35.8. The highest BCUT2D eigenvalue weighted by molar-refractivity contribution is 6.23. The summed E-state index contributed by atoms with van der Waals surface area (Å²) in [6.45, 7) is 0. The van der Waals surface area contributed by atoms with E-state index in [1.54, 1.807) is 0 Å². The van der Waals surface area contributed by atoms with Crippen LogP contribution >= 0.6 is 0 Å². The lowest BCUT2D eigenvalue weighted by molar-refractivity contribution is 1.57. The van der Waals surface area contributed by atoms with Gasteiger partial charge in [-0.05, 0) is 105 Å². The lowest BCUT2D eigenvalue weighted by atomic mass is 9.82. The average molecular weight is 685 g/mol. The molecule has 0 saturated carbocycles. The molecule has 0 heteroatoms. The van der Waals surface area contributed by atoms with E-state index in [0.29, 0.717) is 0 Å². The molecular weight excluding hydrogens is 649 g/mol. The molecular formula is C54H36. The topological polar surface area (TPSA) is 0 Å². The van der Waals surface area contributed by atoms with Crippen LogP contribution in [0.15, 0.2) is 218 Å². The van der Waals surface area contributed by atoms with Crippen molar-refractivity contribution in [3.05, 3.63) is 218 Å². The van der Waals surface area contributed by atoms with Gasteiger partial charge in [-0.15, -0.1) is 0 Å². The monoisotopic (exact) mass is 684 g/mol. The van der Waals surface area contributed by atoms with Crippen LogP contribution < -0.4 is 0 Å². The first-order valence-electron chi connectivity index (χ1n) is 18.7. The second-order valence-corrected chi connectivity index (χ2v) is 14.0. The summed E-state index contributed by atoms with van der Waals surface area (Å²) >= 11 is 0. The normalized spacial score (nSPS) is 11.3. The molecule has 0 bridgehead atoms. The summed E-state index contributed by atoms with van der Waals surface area (Å²) in [6.07, 6.45) is 0. The molecule has 0 aromatic heterocycles. The van der Waals surface area contributed by atoms with Crippen LogP contribution in [0.2, 0.25) is 0 Å². The zero-order valence-electron chi connectivity index (χ0n) is 29.8. The van der Waals surface area contributed by atoms with Crippen molar-refractivity contribution in [3.8, 4) is 66.8 Å². The van der Waals surface area contributed by atoms with Gasteiger partial charge in [-0.2, -0.15) is 0 Å². The highest BCUT2D eigenvalue weighted by Gasteiger charge is 2.20. The Morgan fingerprint density at radius 1 is 0.185 bits per heavy atom. The van der Waals surface area contributed by atoms with E-state index in [9.17, 15) is 0 Å². The van der Waals surface area contributed by atoms with E-state index < -0.39 is 0 Å². The number of benzene rings is 10. The van der Waals surface area contributed by atoms with Gasteiger partial charge in [0.2, 0.25) is 0 Å². The van der Waals surface area contributed by atoms with Crippen LogP contribution in [0.1, 0.15) is 0 Å². The van der Waals surface area contributed by atoms with Crippen molar-refractivity contribution in [1.29, 1.82) is 0 Å². The van der Waals surface area contributed by atoms with Crippen molar-refractivity contribution < 1.29 is 0 Å². The Balaban J connectivity index is 1.17. The minimum atomic E-state index is 1.19. The number of rotatable bonds is 6. The predicted molar refractivity (Wildman–Crippen MR) is 232 cm³/mol. The third-order valence-corrected chi connectivity index (χ3v) is 10.9. The smallest absolute Gasteiger partial charge is 0.00199 e. The third kappa shape index (κ3) is 5.57. The maximum absolute atomic E-state index is 2.43. The van der Waals surface area contributed by atoms with E-state index in [-0.39, 0.29) is 0 Å². The molecule has 54 heavy (non-hydrogen) atoms. The molecule has 0 aliphatic heterocycles. The quantitative estimate of drug-likeness (QED) is 0.153. The fourth-order valence-electron chi connectivity index (χ4n) is 8.30. The highest BCUT2D eigenvalue weighted by Crippen LogP contribution is 2.47. The van der Waals surface area contributed by atoms with Crippen LogP contribution in [0.3, 0.4) is 0 Å². The first-order valence-corrected chi connectivity index (χ1v) is 18.7. The molecule has 0 radical (unpaired) electrons. The minimum absolute atomic E-state index is 1.19. The number of fused-ring (bicyclic) bond motifs is 3. The molecule has 0 spiro atoms. The predicted octanol–water partition coefficient (Wildman–Crippen LogP) is 15.1. The van der Waals surface area contributed by atoms with Crippen LogP contribution in [-0.4, -0.2) is 0 Å². The Bertz CT molecular complexity index is 2870. The van der Waals surface area contributed by atoms with E-state index in [1.165, 1.54) is 99.1 Å². The molecule has 10 aromatic rings.